The summed E-state index contributed by atoms with van der Waals surface area (Å²) in [6.07, 6.45) is 1.66. The summed E-state index contributed by atoms with van der Waals surface area (Å²) in [5.41, 5.74) is 1.13. The van der Waals surface area contributed by atoms with Gasteiger partial charge in [-0.05, 0) is 54.7 Å². The number of nitrogens with zero attached hydrogens (tertiary/aromatic N) is 1. The molecule has 0 radical (unpaired) electrons. The lowest BCUT2D eigenvalue weighted by molar-refractivity contribution is 0.0956. The van der Waals surface area contributed by atoms with E-state index in [9.17, 15) is 13.2 Å². The van der Waals surface area contributed by atoms with E-state index in [4.69, 9.17) is 34.8 Å². The number of carbonyl (C=O) groups is 1. The van der Waals surface area contributed by atoms with Gasteiger partial charge < -0.3 is 5.32 Å². The maximum absolute atomic E-state index is 13.0. The van der Waals surface area contributed by atoms with Crippen LogP contribution in [0.4, 0.5) is 0 Å². The van der Waals surface area contributed by atoms with Crippen LogP contribution in [0.2, 0.25) is 15.1 Å². The zero-order valence-electron chi connectivity index (χ0n) is 17.6. The van der Waals surface area contributed by atoms with Crippen LogP contribution in [0.15, 0.2) is 41.3 Å². The molecule has 10 heteroatoms. The minimum Gasteiger partial charge on any atom is -0.351 e. The van der Waals surface area contributed by atoms with Crippen LogP contribution in [0.3, 0.4) is 0 Å². The number of thioether (sulfide) groups is 1. The Kier molecular flexibility index (Phi) is 9.18. The number of sulfonamides is 1. The minimum absolute atomic E-state index is 0.0911. The van der Waals surface area contributed by atoms with Gasteiger partial charge in [0.1, 0.15) is 0 Å². The van der Waals surface area contributed by atoms with Crippen LogP contribution in [-0.4, -0.2) is 44.0 Å². The van der Waals surface area contributed by atoms with E-state index < -0.39 is 15.9 Å². The third-order valence-corrected chi connectivity index (χ3v) is 9.19. The Labute approximate surface area is 208 Å². The number of benzene rings is 2. The van der Waals surface area contributed by atoms with E-state index in [2.05, 4.69) is 12.2 Å². The third kappa shape index (κ3) is 6.55. The van der Waals surface area contributed by atoms with Crippen molar-refractivity contribution in [3.8, 4) is 0 Å². The molecule has 2 aromatic carbocycles. The van der Waals surface area contributed by atoms with Gasteiger partial charge in [-0.1, -0.05) is 47.8 Å². The van der Waals surface area contributed by atoms with Gasteiger partial charge in [0.05, 0.1) is 15.5 Å². The summed E-state index contributed by atoms with van der Waals surface area (Å²) < 4.78 is 27.5. The maximum Gasteiger partial charge on any atom is 0.252 e. The summed E-state index contributed by atoms with van der Waals surface area (Å²) in [6, 6.07) is 9.66. The lowest BCUT2D eigenvalue weighted by Gasteiger charge is -2.29. The Balaban J connectivity index is 1.57. The number of rotatable bonds is 8. The molecule has 0 saturated carbocycles. The number of hydrogen-bond acceptors (Lipinski definition) is 4. The molecular formula is C22H25Cl3N2O3S2. The Morgan fingerprint density at radius 2 is 1.81 bits per heavy atom. The van der Waals surface area contributed by atoms with E-state index in [0.717, 1.165) is 18.4 Å². The molecule has 1 N–H and O–H groups in total. The van der Waals surface area contributed by atoms with E-state index in [1.807, 2.05) is 6.07 Å². The van der Waals surface area contributed by atoms with Crippen molar-refractivity contribution in [1.29, 1.82) is 0 Å². The quantitative estimate of drug-likeness (QED) is 0.438. The third-order valence-electron chi connectivity index (χ3n) is 5.37. The van der Waals surface area contributed by atoms with Crippen molar-refractivity contribution in [3.05, 3.63) is 62.6 Å². The molecule has 0 spiro atoms. The van der Waals surface area contributed by atoms with Gasteiger partial charge in [0.2, 0.25) is 10.0 Å². The van der Waals surface area contributed by atoms with E-state index in [1.54, 1.807) is 23.9 Å². The first kappa shape index (κ1) is 25.7. The first-order chi connectivity index (χ1) is 15.2. The van der Waals surface area contributed by atoms with Crippen molar-refractivity contribution in [1.82, 2.24) is 9.62 Å². The Morgan fingerprint density at radius 3 is 2.50 bits per heavy atom. The molecule has 3 rings (SSSR count). The Morgan fingerprint density at radius 1 is 1.09 bits per heavy atom. The topological polar surface area (TPSA) is 66.5 Å². The van der Waals surface area contributed by atoms with E-state index in [1.165, 1.54) is 22.5 Å². The lowest BCUT2D eigenvalue weighted by atomic mass is 10.0. The monoisotopic (exact) mass is 534 g/mol. The number of amides is 1. The second-order valence-corrected chi connectivity index (χ2v) is 12.1. The summed E-state index contributed by atoms with van der Waals surface area (Å²) in [4.78, 5) is 12.7. The van der Waals surface area contributed by atoms with Crippen molar-refractivity contribution in [3.63, 3.8) is 0 Å². The van der Waals surface area contributed by atoms with Gasteiger partial charge in [-0.2, -0.15) is 16.1 Å². The lowest BCUT2D eigenvalue weighted by Crippen LogP contribution is -2.38. The first-order valence-electron chi connectivity index (χ1n) is 10.3. The fourth-order valence-corrected chi connectivity index (χ4v) is 6.48. The second kappa shape index (κ2) is 11.4. The van der Waals surface area contributed by atoms with Gasteiger partial charge in [-0.15, -0.1) is 0 Å². The molecular weight excluding hydrogens is 511 g/mol. The van der Waals surface area contributed by atoms with E-state index >= 15 is 0 Å². The highest BCUT2D eigenvalue weighted by Crippen LogP contribution is 2.27. The molecule has 1 fully saturated rings. The standard InChI is InChI=1S/C22H25Cl3N2O3S2/c1-15-6-9-27(10-7-15)32(29,30)18-4-5-20(24)19(13-18)22(28)26-8-11-31-14-16-2-3-17(23)12-21(16)25/h2-5,12-13,15H,6-11,14H2,1H3,(H,26,28). The predicted molar refractivity (Wildman–Crippen MR) is 134 cm³/mol. The molecule has 0 unspecified atom stereocenters. The summed E-state index contributed by atoms with van der Waals surface area (Å²) in [5, 5.41) is 4.23. The van der Waals surface area contributed by atoms with E-state index in [-0.39, 0.29) is 15.5 Å². The van der Waals surface area contributed by atoms with E-state index in [0.29, 0.717) is 47.1 Å². The van der Waals surface area contributed by atoms with Crippen LogP contribution >= 0.6 is 46.6 Å². The van der Waals surface area contributed by atoms with Crippen molar-refractivity contribution in [2.75, 3.05) is 25.4 Å². The SMILES string of the molecule is CC1CCN(S(=O)(=O)c2ccc(Cl)c(C(=O)NCCSCc3ccc(Cl)cc3Cl)c2)CC1. The predicted octanol–water partition coefficient (Wildman–Crippen LogP) is 5.73. The Bertz CT molecular complexity index is 1070. The molecule has 0 bridgehead atoms. The van der Waals surface area contributed by atoms with Crippen molar-refractivity contribution < 1.29 is 13.2 Å². The molecule has 0 aliphatic carbocycles. The molecule has 174 valence electrons. The highest BCUT2D eigenvalue weighted by Gasteiger charge is 2.29. The molecule has 1 aliphatic heterocycles. The van der Waals surface area contributed by atoms with Gasteiger partial charge in [-0.3, -0.25) is 4.79 Å². The second-order valence-electron chi connectivity index (χ2n) is 7.77. The fourth-order valence-electron chi connectivity index (χ4n) is 3.37. The molecule has 32 heavy (non-hydrogen) atoms. The highest BCUT2D eigenvalue weighted by atomic mass is 35.5. The highest BCUT2D eigenvalue weighted by molar-refractivity contribution is 7.98. The number of halogens is 3. The van der Waals surface area contributed by atoms with Crippen molar-refractivity contribution in [2.24, 2.45) is 5.92 Å². The van der Waals surface area contributed by atoms with Gasteiger partial charge >= 0.3 is 0 Å². The molecule has 2 aromatic rings. The zero-order valence-corrected chi connectivity index (χ0v) is 21.5. The van der Waals surface area contributed by atoms with Crippen molar-refractivity contribution in [2.45, 2.75) is 30.4 Å². The largest absolute Gasteiger partial charge is 0.351 e. The zero-order chi connectivity index (χ0) is 23.3. The molecule has 0 atom stereocenters. The Hall–Kier alpha value is -0.960. The number of hydrogen-bond donors (Lipinski definition) is 1. The van der Waals surface area contributed by atoms with Gasteiger partial charge in [-0.25, -0.2) is 8.42 Å². The number of nitrogens with one attached hydrogen (secondary N) is 1. The average molecular weight is 536 g/mol. The van der Waals surface area contributed by atoms with Gasteiger partial charge in [0.25, 0.3) is 5.91 Å². The first-order valence-corrected chi connectivity index (χ1v) is 14.0. The number of piperidine rings is 1. The van der Waals surface area contributed by atoms with Crippen LogP contribution in [0.1, 0.15) is 35.7 Å². The molecule has 1 amide bonds. The molecule has 5 nitrogen and oxygen atoms in total. The molecule has 1 heterocycles. The minimum atomic E-state index is -3.66. The normalized spacial score (nSPS) is 15.6. The van der Waals surface area contributed by atoms with Crippen molar-refractivity contribution >= 4 is 62.5 Å². The van der Waals surface area contributed by atoms with Crippen LogP contribution in [0.25, 0.3) is 0 Å². The van der Waals surface area contributed by atoms with Gasteiger partial charge in [0, 0.05) is 41.2 Å². The smallest absolute Gasteiger partial charge is 0.252 e. The summed E-state index contributed by atoms with van der Waals surface area (Å²) in [7, 11) is -3.66. The van der Waals surface area contributed by atoms with Crippen LogP contribution in [0.5, 0.6) is 0 Å². The number of carbonyl (C=O) groups excluding carboxylic acids is 1. The fraction of sp³-hybridized carbons (Fsp3) is 0.409. The van der Waals surface area contributed by atoms with Crippen LogP contribution in [-0.2, 0) is 15.8 Å². The van der Waals surface area contributed by atoms with Crippen LogP contribution < -0.4 is 5.32 Å². The maximum atomic E-state index is 13.0. The molecule has 0 aromatic heterocycles. The van der Waals surface area contributed by atoms with Crippen LogP contribution in [0, 0.1) is 5.92 Å². The molecule has 1 saturated heterocycles. The molecule has 1 aliphatic rings. The summed E-state index contributed by atoms with van der Waals surface area (Å²) in [5.74, 6) is 1.46. The summed E-state index contributed by atoms with van der Waals surface area (Å²) >= 11 is 19.9. The van der Waals surface area contributed by atoms with Gasteiger partial charge in [0.15, 0.2) is 0 Å². The summed E-state index contributed by atoms with van der Waals surface area (Å²) in [6.45, 7) is 3.51. The average Bonchev–Trinajstić information content (AvgIpc) is 2.75.